The summed E-state index contributed by atoms with van der Waals surface area (Å²) in [6.07, 6.45) is 1.42. The molecule has 3 amide bonds. The van der Waals surface area contributed by atoms with E-state index < -0.39 is 0 Å². The third-order valence-electron chi connectivity index (χ3n) is 7.88. The Labute approximate surface area is 323 Å². The summed E-state index contributed by atoms with van der Waals surface area (Å²) in [7, 11) is 0. The number of thiazole rings is 1. The molecule has 1 fully saturated rings. The summed E-state index contributed by atoms with van der Waals surface area (Å²) < 4.78 is 5.74. The molecule has 0 bridgehead atoms. The number of ether oxygens (including phenoxy) is 1. The van der Waals surface area contributed by atoms with Crippen LogP contribution in [0.4, 0.5) is 16.2 Å². The highest BCUT2D eigenvalue weighted by Gasteiger charge is 2.20. The van der Waals surface area contributed by atoms with Crippen molar-refractivity contribution in [2.75, 3.05) is 43.4 Å². The average molecular weight is 783 g/mol. The van der Waals surface area contributed by atoms with Gasteiger partial charge < -0.3 is 20.5 Å². The van der Waals surface area contributed by atoms with Gasteiger partial charge in [0.1, 0.15) is 23.1 Å². The summed E-state index contributed by atoms with van der Waals surface area (Å²) in [6, 6.07) is 28.9. The van der Waals surface area contributed by atoms with Crippen LogP contribution in [0.3, 0.4) is 0 Å². The highest BCUT2D eigenvalue weighted by molar-refractivity contribution is 7.13. The van der Waals surface area contributed by atoms with Crippen LogP contribution in [0.2, 0.25) is 5.02 Å². The van der Waals surface area contributed by atoms with E-state index in [1.165, 1.54) is 12.3 Å². The molecule has 1 aliphatic rings. The molecule has 15 heteroatoms. The number of aromatic nitrogens is 1. The molecule has 0 atom stereocenters. The second kappa shape index (κ2) is 19.8. The highest BCUT2D eigenvalue weighted by Crippen LogP contribution is 2.26. The van der Waals surface area contributed by atoms with Crippen LogP contribution in [0, 0.1) is 0 Å². The normalized spacial score (nSPS) is 13.1. The number of piperazine rings is 1. The van der Waals surface area contributed by atoms with Crippen LogP contribution in [-0.4, -0.2) is 70.8 Å². The van der Waals surface area contributed by atoms with Gasteiger partial charge in [-0.25, -0.2) is 15.2 Å². The largest absolute Gasteiger partial charge is 0.507 e. The molecule has 0 radical (unpaired) electrons. The maximum absolute atomic E-state index is 12.5. The number of hydrogen-bond donors (Lipinski definition) is 4. The summed E-state index contributed by atoms with van der Waals surface area (Å²) in [5.74, 6) is 0.337. The number of nitrogens with zero attached hydrogens (tertiary/aromatic N) is 4. The molecule has 0 unspecified atom stereocenters. The maximum atomic E-state index is 12.5. The summed E-state index contributed by atoms with van der Waals surface area (Å²) in [5, 5.41) is 23.5. The number of amides is 3. The first-order chi connectivity index (χ1) is 24.4. The molecule has 4 N–H and O–H groups in total. The Morgan fingerprint density at radius 2 is 1.62 bits per heavy atom. The first-order valence-electron chi connectivity index (χ1n) is 16.0. The van der Waals surface area contributed by atoms with Gasteiger partial charge in [-0.3, -0.25) is 14.6 Å². The molecule has 2 heterocycles. The molecule has 11 nitrogen and oxygen atoms in total. The monoisotopic (exact) mass is 781 g/mol. The number of urea groups is 1. The topological polar surface area (TPSA) is 131 Å². The lowest BCUT2D eigenvalue weighted by Gasteiger charge is -2.33. The molecular weight excluding hydrogens is 745 g/mol. The number of benzene rings is 4. The predicted octanol–water partition coefficient (Wildman–Crippen LogP) is 7.50. The molecule has 0 saturated carbocycles. The SMILES string of the molecule is Cl.Cl.O=C(CN1CCN(Cc2csc(-c3ccc(NC(=O)Nc4cccc(Cl)c4)cc3)n2)CC1)N/N=C/c1ccc(OCc2ccccc2)cc1O. The number of halogens is 3. The summed E-state index contributed by atoms with van der Waals surface area (Å²) in [4.78, 5) is 34.1. The fourth-order valence-corrected chi connectivity index (χ4v) is 6.29. The third kappa shape index (κ3) is 11.9. The van der Waals surface area contributed by atoms with Gasteiger partial charge in [0.2, 0.25) is 0 Å². The number of rotatable bonds is 12. The van der Waals surface area contributed by atoms with Crippen molar-refractivity contribution >= 4 is 77.3 Å². The Kier molecular flexibility index (Phi) is 15.3. The molecule has 1 saturated heterocycles. The number of aromatic hydroxyl groups is 1. The molecule has 0 aliphatic carbocycles. The van der Waals surface area contributed by atoms with Gasteiger partial charge >= 0.3 is 6.03 Å². The van der Waals surface area contributed by atoms with E-state index >= 15 is 0 Å². The Balaban J connectivity index is 0.00000302. The second-order valence-electron chi connectivity index (χ2n) is 11.7. The smallest absolute Gasteiger partial charge is 0.323 e. The van der Waals surface area contributed by atoms with Crippen LogP contribution in [-0.2, 0) is 17.9 Å². The molecule has 52 heavy (non-hydrogen) atoms. The van der Waals surface area contributed by atoms with E-state index in [0.29, 0.717) is 34.3 Å². The second-order valence-corrected chi connectivity index (χ2v) is 12.9. The van der Waals surface area contributed by atoms with Gasteiger partial charge in [-0.05, 0) is 60.2 Å². The van der Waals surface area contributed by atoms with E-state index in [2.05, 4.69) is 36.3 Å². The van der Waals surface area contributed by atoms with E-state index in [9.17, 15) is 14.7 Å². The summed E-state index contributed by atoms with van der Waals surface area (Å²) >= 11 is 7.57. The highest BCUT2D eigenvalue weighted by atomic mass is 35.5. The summed E-state index contributed by atoms with van der Waals surface area (Å²) in [5.41, 5.74) is 7.30. The number of anilines is 2. The number of phenolic OH excluding ortho intramolecular Hbond substituents is 1. The minimum absolute atomic E-state index is 0. The zero-order valence-electron chi connectivity index (χ0n) is 27.9. The van der Waals surface area contributed by atoms with Crippen LogP contribution in [0.15, 0.2) is 108 Å². The van der Waals surface area contributed by atoms with Crippen LogP contribution in [0.1, 0.15) is 16.8 Å². The van der Waals surface area contributed by atoms with E-state index in [4.69, 9.17) is 21.3 Å². The van der Waals surface area contributed by atoms with Gasteiger partial charge in [0.25, 0.3) is 5.91 Å². The lowest BCUT2D eigenvalue weighted by Crippen LogP contribution is -2.48. The van der Waals surface area contributed by atoms with Crippen molar-refractivity contribution in [3.8, 4) is 22.1 Å². The lowest BCUT2D eigenvalue weighted by molar-refractivity contribution is -0.122. The van der Waals surface area contributed by atoms with Crippen molar-refractivity contribution < 1.29 is 19.4 Å². The van der Waals surface area contributed by atoms with Crippen molar-refractivity contribution in [3.63, 3.8) is 0 Å². The molecule has 4 aromatic carbocycles. The summed E-state index contributed by atoms with van der Waals surface area (Å²) in [6.45, 7) is 4.48. The van der Waals surface area contributed by atoms with E-state index in [-0.39, 0.29) is 49.0 Å². The van der Waals surface area contributed by atoms with Gasteiger partial charge in [-0.1, -0.05) is 48.0 Å². The lowest BCUT2D eigenvalue weighted by atomic mass is 10.2. The minimum Gasteiger partial charge on any atom is -0.507 e. The minimum atomic E-state index is -0.352. The Morgan fingerprint density at radius 1 is 0.885 bits per heavy atom. The van der Waals surface area contributed by atoms with E-state index in [1.807, 2.05) is 54.6 Å². The van der Waals surface area contributed by atoms with Gasteiger partial charge in [0.05, 0.1) is 18.5 Å². The van der Waals surface area contributed by atoms with Crippen molar-refractivity contribution in [1.82, 2.24) is 20.2 Å². The number of nitrogens with one attached hydrogen (secondary N) is 3. The van der Waals surface area contributed by atoms with Gasteiger partial charge in [0.15, 0.2) is 0 Å². The molecule has 1 aromatic heterocycles. The predicted molar refractivity (Wildman–Crippen MR) is 212 cm³/mol. The van der Waals surface area contributed by atoms with Crippen molar-refractivity contribution in [3.05, 3.63) is 124 Å². The zero-order valence-corrected chi connectivity index (χ0v) is 31.1. The average Bonchev–Trinajstić information content (AvgIpc) is 3.58. The number of hydrazone groups is 1. The maximum Gasteiger partial charge on any atom is 0.323 e. The van der Waals surface area contributed by atoms with Crippen LogP contribution in [0.25, 0.3) is 10.6 Å². The molecule has 5 aromatic rings. The first kappa shape index (κ1) is 40.1. The molecule has 1 aliphatic heterocycles. The fraction of sp³-hybridized carbons (Fsp3) is 0.189. The zero-order chi connectivity index (χ0) is 34.7. The first-order valence-corrected chi connectivity index (χ1v) is 17.3. The Morgan fingerprint density at radius 3 is 2.35 bits per heavy atom. The van der Waals surface area contributed by atoms with Crippen molar-refractivity contribution in [1.29, 1.82) is 0 Å². The standard InChI is InChI=1S/C37H36ClN7O4S.2ClH/c38-29-7-4-8-31(19-29)42-37(48)41-30-12-9-27(10-13-30)36-40-32(25-50-36)22-44-15-17-45(18-16-44)23-35(47)43-39-21-28-11-14-33(20-34(28)46)49-24-26-5-2-1-3-6-26;;/h1-14,19-21,25,46H,15-18,22-24H2,(H,43,47)(H2,41,42,48);2*1H/b39-21+;;. The van der Waals surface area contributed by atoms with Gasteiger partial charge in [-0.15, -0.1) is 36.2 Å². The van der Waals surface area contributed by atoms with E-state index in [1.54, 1.807) is 47.7 Å². The number of carbonyl (C=O) groups is 2. The van der Waals surface area contributed by atoms with E-state index in [0.717, 1.165) is 54.6 Å². The third-order valence-corrected chi connectivity index (χ3v) is 9.06. The molecule has 272 valence electrons. The number of phenols is 1. The molecule has 6 rings (SSSR count). The Hall–Kier alpha value is -4.69. The van der Waals surface area contributed by atoms with Crippen molar-refractivity contribution in [2.24, 2.45) is 5.10 Å². The molecular formula is C37H38Cl3N7O4S. The van der Waals surface area contributed by atoms with Crippen molar-refractivity contribution in [2.45, 2.75) is 13.2 Å². The quantitative estimate of drug-likeness (QED) is 0.0762. The van der Waals surface area contributed by atoms with Crippen LogP contribution >= 0.6 is 47.8 Å². The molecule has 0 spiro atoms. The Bertz CT molecular complexity index is 1940. The fourth-order valence-electron chi connectivity index (χ4n) is 5.28. The number of hydrogen-bond acceptors (Lipinski definition) is 9. The van der Waals surface area contributed by atoms with Crippen LogP contribution in [0.5, 0.6) is 11.5 Å². The van der Waals surface area contributed by atoms with Gasteiger partial charge in [-0.2, -0.15) is 5.10 Å². The van der Waals surface area contributed by atoms with Gasteiger partial charge in [0, 0.05) is 71.7 Å². The van der Waals surface area contributed by atoms with Crippen LogP contribution < -0.4 is 20.8 Å². The number of carbonyl (C=O) groups excluding carboxylic acids is 2.